The Bertz CT molecular complexity index is 848. The Morgan fingerprint density at radius 3 is 2.23 bits per heavy atom. The van der Waals surface area contributed by atoms with E-state index in [1.165, 1.54) is 25.7 Å². The molecule has 30 heavy (non-hydrogen) atoms. The first kappa shape index (κ1) is 21.8. The third kappa shape index (κ3) is 4.58. The van der Waals surface area contributed by atoms with Crippen LogP contribution < -0.4 is 0 Å². The molecule has 0 N–H and O–H groups in total. The minimum atomic E-state index is -3.58. The van der Waals surface area contributed by atoms with Gasteiger partial charge in [-0.05, 0) is 49.3 Å². The molecule has 2 aliphatic heterocycles. The minimum absolute atomic E-state index is 0.0569. The quantitative estimate of drug-likeness (QED) is 0.732. The number of nitrogens with zero attached hydrogens (tertiary/aromatic N) is 3. The molecule has 3 aliphatic rings. The molecule has 0 bridgehead atoms. The van der Waals surface area contributed by atoms with Crippen molar-refractivity contribution in [2.45, 2.75) is 56.9 Å². The third-order valence-corrected chi connectivity index (χ3v) is 8.82. The molecule has 1 aliphatic carbocycles. The molecule has 166 valence electrons. The summed E-state index contributed by atoms with van der Waals surface area (Å²) >= 11 is 0. The predicted molar refractivity (Wildman–Crippen MR) is 118 cm³/mol. The van der Waals surface area contributed by atoms with Crippen LogP contribution in [0.4, 0.5) is 0 Å². The summed E-state index contributed by atoms with van der Waals surface area (Å²) in [4.78, 5) is 17.7. The number of piperidine rings is 1. The van der Waals surface area contributed by atoms with E-state index in [9.17, 15) is 13.2 Å². The van der Waals surface area contributed by atoms with Crippen molar-refractivity contribution in [2.75, 3.05) is 39.3 Å². The molecule has 7 heteroatoms. The van der Waals surface area contributed by atoms with Crippen LogP contribution in [0.25, 0.3) is 0 Å². The van der Waals surface area contributed by atoms with Crippen molar-refractivity contribution in [3.8, 4) is 0 Å². The Morgan fingerprint density at radius 1 is 0.967 bits per heavy atom. The van der Waals surface area contributed by atoms with E-state index in [1.807, 2.05) is 4.90 Å². The standard InChI is InChI=1S/C23H35N3O3S/c1-18-14-19(2)17-26(16-18)30(28,29)22-9-5-6-20(15-22)23(27)25-12-10-24(11-13-25)21-7-3-4-8-21/h5-6,9,15,18-19,21H,3-4,7-8,10-14,16-17H2,1-2H3. The van der Waals surface area contributed by atoms with Crippen molar-refractivity contribution in [3.63, 3.8) is 0 Å². The van der Waals surface area contributed by atoms with Gasteiger partial charge in [0, 0.05) is 50.9 Å². The van der Waals surface area contributed by atoms with E-state index in [0.717, 1.165) is 19.5 Å². The van der Waals surface area contributed by atoms with Crippen LogP contribution in [0.1, 0.15) is 56.3 Å². The van der Waals surface area contributed by atoms with E-state index in [1.54, 1.807) is 28.6 Å². The number of benzene rings is 1. The monoisotopic (exact) mass is 433 g/mol. The van der Waals surface area contributed by atoms with E-state index in [4.69, 9.17) is 0 Å². The van der Waals surface area contributed by atoms with Crippen LogP contribution in [-0.2, 0) is 10.0 Å². The Balaban J connectivity index is 1.44. The van der Waals surface area contributed by atoms with Crippen LogP contribution in [-0.4, -0.2) is 73.7 Å². The van der Waals surface area contributed by atoms with Crippen LogP contribution in [0, 0.1) is 11.8 Å². The third-order valence-electron chi connectivity index (χ3n) is 7.00. The van der Waals surface area contributed by atoms with Gasteiger partial charge in [0.2, 0.25) is 10.0 Å². The van der Waals surface area contributed by atoms with Crippen LogP contribution in [0.2, 0.25) is 0 Å². The Labute approximate surface area is 181 Å². The van der Waals surface area contributed by atoms with Gasteiger partial charge in [0.25, 0.3) is 5.91 Å². The van der Waals surface area contributed by atoms with Gasteiger partial charge in [-0.2, -0.15) is 4.31 Å². The molecule has 2 saturated heterocycles. The Kier molecular flexibility index (Phi) is 6.51. The smallest absolute Gasteiger partial charge is 0.253 e. The van der Waals surface area contributed by atoms with Gasteiger partial charge in [-0.1, -0.05) is 32.8 Å². The highest BCUT2D eigenvalue weighted by atomic mass is 32.2. The summed E-state index contributed by atoms with van der Waals surface area (Å²) in [6.45, 7) is 8.56. The Hall–Kier alpha value is -1.44. The molecule has 1 saturated carbocycles. The average Bonchev–Trinajstić information content (AvgIpc) is 3.28. The van der Waals surface area contributed by atoms with Gasteiger partial charge >= 0.3 is 0 Å². The normalized spacial score (nSPS) is 27.5. The molecular weight excluding hydrogens is 398 g/mol. The van der Waals surface area contributed by atoms with Crippen LogP contribution in [0.5, 0.6) is 0 Å². The summed E-state index contributed by atoms with van der Waals surface area (Å²) in [5.41, 5.74) is 0.475. The second kappa shape index (κ2) is 8.97. The number of carbonyl (C=O) groups is 1. The highest BCUT2D eigenvalue weighted by Gasteiger charge is 2.33. The molecule has 4 rings (SSSR count). The fourth-order valence-corrected chi connectivity index (χ4v) is 7.21. The maximum absolute atomic E-state index is 13.2. The second-order valence-electron chi connectivity index (χ2n) is 9.56. The van der Waals surface area contributed by atoms with Crippen molar-refractivity contribution in [2.24, 2.45) is 11.8 Å². The van der Waals surface area contributed by atoms with Crippen LogP contribution in [0.15, 0.2) is 29.2 Å². The van der Waals surface area contributed by atoms with Crippen molar-refractivity contribution in [1.82, 2.24) is 14.1 Å². The first-order valence-electron chi connectivity index (χ1n) is 11.5. The van der Waals surface area contributed by atoms with Gasteiger partial charge in [-0.25, -0.2) is 8.42 Å². The highest BCUT2D eigenvalue weighted by Crippen LogP contribution is 2.28. The van der Waals surface area contributed by atoms with Crippen molar-refractivity contribution >= 4 is 15.9 Å². The van der Waals surface area contributed by atoms with Crippen molar-refractivity contribution in [1.29, 1.82) is 0 Å². The molecule has 1 amide bonds. The lowest BCUT2D eigenvalue weighted by molar-refractivity contribution is 0.0573. The number of hydrogen-bond donors (Lipinski definition) is 0. The zero-order valence-electron chi connectivity index (χ0n) is 18.3. The number of hydrogen-bond acceptors (Lipinski definition) is 4. The van der Waals surface area contributed by atoms with E-state index in [-0.39, 0.29) is 10.8 Å². The summed E-state index contributed by atoms with van der Waals surface area (Å²) in [5, 5.41) is 0. The molecule has 6 nitrogen and oxygen atoms in total. The number of sulfonamides is 1. The van der Waals surface area contributed by atoms with Gasteiger partial charge in [0.05, 0.1) is 4.90 Å². The zero-order chi connectivity index (χ0) is 21.3. The van der Waals surface area contributed by atoms with E-state index in [2.05, 4.69) is 18.7 Å². The molecular formula is C23H35N3O3S. The molecule has 0 aromatic heterocycles. The number of rotatable bonds is 4. The first-order chi connectivity index (χ1) is 14.3. The number of piperazine rings is 1. The highest BCUT2D eigenvalue weighted by molar-refractivity contribution is 7.89. The number of carbonyl (C=O) groups excluding carboxylic acids is 1. The summed E-state index contributed by atoms with van der Waals surface area (Å²) < 4.78 is 28.0. The fourth-order valence-electron chi connectivity index (χ4n) is 5.48. The molecule has 2 unspecified atom stereocenters. The lowest BCUT2D eigenvalue weighted by Gasteiger charge is -2.38. The molecule has 0 radical (unpaired) electrons. The van der Waals surface area contributed by atoms with Gasteiger partial charge in [-0.15, -0.1) is 0 Å². The average molecular weight is 434 g/mol. The summed E-state index contributed by atoms with van der Waals surface area (Å²) in [6, 6.07) is 7.32. The van der Waals surface area contributed by atoms with E-state index >= 15 is 0 Å². The lowest BCUT2D eigenvalue weighted by Crippen LogP contribution is -2.51. The zero-order valence-corrected chi connectivity index (χ0v) is 19.1. The summed E-state index contributed by atoms with van der Waals surface area (Å²) in [6.07, 6.45) is 6.25. The van der Waals surface area contributed by atoms with Crippen molar-refractivity contribution in [3.05, 3.63) is 29.8 Å². The van der Waals surface area contributed by atoms with E-state index in [0.29, 0.717) is 49.6 Å². The second-order valence-corrected chi connectivity index (χ2v) is 11.5. The van der Waals surface area contributed by atoms with Gasteiger partial charge in [0.15, 0.2) is 0 Å². The van der Waals surface area contributed by atoms with Crippen LogP contribution >= 0.6 is 0 Å². The molecule has 2 atom stereocenters. The summed E-state index contributed by atoms with van der Waals surface area (Å²) in [7, 11) is -3.58. The summed E-state index contributed by atoms with van der Waals surface area (Å²) in [5.74, 6) is 0.646. The van der Waals surface area contributed by atoms with Crippen LogP contribution in [0.3, 0.4) is 0 Å². The maximum atomic E-state index is 13.2. The SMILES string of the molecule is CC1CC(C)CN(S(=O)(=O)c2cccc(C(=O)N3CCN(C4CCCC4)CC3)c2)C1. The Morgan fingerprint density at radius 2 is 1.60 bits per heavy atom. The fraction of sp³-hybridized carbons (Fsp3) is 0.696. The van der Waals surface area contributed by atoms with Crippen molar-refractivity contribution < 1.29 is 13.2 Å². The lowest BCUT2D eigenvalue weighted by atomic mass is 9.94. The first-order valence-corrected chi connectivity index (χ1v) is 12.9. The predicted octanol–water partition coefficient (Wildman–Crippen LogP) is 3.05. The molecule has 2 heterocycles. The molecule has 0 spiro atoms. The van der Waals surface area contributed by atoms with Gasteiger partial charge in [0.1, 0.15) is 0 Å². The number of amides is 1. The molecule has 3 fully saturated rings. The molecule has 1 aromatic carbocycles. The van der Waals surface area contributed by atoms with Gasteiger partial charge in [-0.3, -0.25) is 9.69 Å². The maximum Gasteiger partial charge on any atom is 0.253 e. The minimum Gasteiger partial charge on any atom is -0.336 e. The van der Waals surface area contributed by atoms with E-state index < -0.39 is 10.0 Å². The topological polar surface area (TPSA) is 60.9 Å². The van der Waals surface area contributed by atoms with Gasteiger partial charge < -0.3 is 4.90 Å². The molecule has 1 aromatic rings. The largest absolute Gasteiger partial charge is 0.336 e.